The van der Waals surface area contributed by atoms with Gasteiger partial charge in [0.1, 0.15) is 0 Å². The maximum Gasteiger partial charge on any atom is 0.240 e. The van der Waals surface area contributed by atoms with Crippen LogP contribution in [0, 0.1) is 0 Å². The molecule has 5 heteroatoms. The van der Waals surface area contributed by atoms with Crippen molar-refractivity contribution in [1.82, 2.24) is 24.1 Å². The maximum atomic E-state index is 5.28. The summed E-state index contributed by atoms with van der Waals surface area (Å²) in [4.78, 5) is 15.8. The van der Waals surface area contributed by atoms with Crippen LogP contribution in [0.1, 0.15) is 0 Å². The van der Waals surface area contributed by atoms with E-state index in [4.69, 9.17) is 15.0 Å². The average Bonchev–Trinajstić information content (AvgIpc) is 3.80. The van der Waals surface area contributed by atoms with Gasteiger partial charge in [-0.25, -0.2) is 0 Å². The van der Waals surface area contributed by atoms with Gasteiger partial charge < -0.3 is 0 Å². The van der Waals surface area contributed by atoms with Crippen molar-refractivity contribution in [1.29, 1.82) is 0 Å². The van der Waals surface area contributed by atoms with Gasteiger partial charge in [0, 0.05) is 27.1 Å². The number of hydrogen-bond donors (Lipinski definition) is 0. The van der Waals surface area contributed by atoms with Gasteiger partial charge in [-0.05, 0) is 63.7 Å². The molecule has 0 aliphatic carbocycles. The number of benzene rings is 8. The van der Waals surface area contributed by atoms with Crippen molar-refractivity contribution in [3.8, 4) is 56.7 Å². The normalized spacial score (nSPS) is 11.6. The Morgan fingerprint density at radius 1 is 0.268 bits per heavy atom. The molecule has 5 nitrogen and oxygen atoms in total. The van der Waals surface area contributed by atoms with E-state index >= 15 is 0 Å². The summed E-state index contributed by atoms with van der Waals surface area (Å²) in [5.74, 6) is 1.74. The van der Waals surface area contributed by atoms with E-state index < -0.39 is 0 Å². The maximum absolute atomic E-state index is 5.28. The van der Waals surface area contributed by atoms with Gasteiger partial charge in [0.15, 0.2) is 5.82 Å². The zero-order chi connectivity index (χ0) is 37.0. The minimum atomic E-state index is 0.568. The van der Waals surface area contributed by atoms with Crippen LogP contribution >= 0.6 is 0 Å². The largest absolute Gasteiger partial charge is 0.278 e. The first-order chi connectivity index (χ1) is 27.8. The Morgan fingerprint density at radius 3 is 1.18 bits per heavy atom. The Balaban J connectivity index is 1.07. The van der Waals surface area contributed by atoms with Crippen LogP contribution in [0.2, 0.25) is 0 Å². The number of para-hydroxylation sites is 4. The van der Waals surface area contributed by atoms with E-state index in [9.17, 15) is 0 Å². The van der Waals surface area contributed by atoms with Crippen LogP contribution in [0.25, 0.3) is 100 Å². The highest BCUT2D eigenvalue weighted by molar-refractivity contribution is 6.10. The molecule has 3 heterocycles. The summed E-state index contributed by atoms with van der Waals surface area (Å²) in [7, 11) is 0. The summed E-state index contributed by atoms with van der Waals surface area (Å²) in [6.07, 6.45) is 0. The third kappa shape index (κ3) is 5.21. The monoisotopic (exact) mass is 715 g/mol. The van der Waals surface area contributed by atoms with Gasteiger partial charge in [0.2, 0.25) is 11.9 Å². The van der Waals surface area contributed by atoms with Crippen molar-refractivity contribution in [2.75, 3.05) is 0 Å². The second-order valence-corrected chi connectivity index (χ2v) is 14.1. The third-order valence-electron chi connectivity index (χ3n) is 10.8. The zero-order valence-electron chi connectivity index (χ0n) is 30.3. The van der Waals surface area contributed by atoms with Gasteiger partial charge in [-0.1, -0.05) is 170 Å². The lowest BCUT2D eigenvalue weighted by Crippen LogP contribution is -2.10. The fourth-order valence-corrected chi connectivity index (χ4v) is 8.24. The van der Waals surface area contributed by atoms with Crippen LogP contribution < -0.4 is 0 Å². The molecule has 8 aromatic carbocycles. The minimum Gasteiger partial charge on any atom is -0.278 e. The number of aromatic nitrogens is 5. The molecule has 11 rings (SSSR count). The molecule has 0 amide bonds. The van der Waals surface area contributed by atoms with Crippen molar-refractivity contribution < 1.29 is 0 Å². The predicted octanol–water partition coefficient (Wildman–Crippen LogP) is 12.7. The van der Waals surface area contributed by atoms with Gasteiger partial charge in [0.05, 0.1) is 22.1 Å². The molecule has 0 radical (unpaired) electrons. The van der Waals surface area contributed by atoms with Crippen LogP contribution in [0.5, 0.6) is 0 Å². The Bertz CT molecular complexity index is 3010. The first-order valence-electron chi connectivity index (χ1n) is 18.9. The van der Waals surface area contributed by atoms with Crippen molar-refractivity contribution in [2.45, 2.75) is 0 Å². The molecule has 0 atom stereocenters. The smallest absolute Gasteiger partial charge is 0.240 e. The standard InChI is InChI=1S/C51H33N5/c1-2-15-35(16-3-1)39-19-4-5-20-40(39)38-18-14-17-37(33-38)34-29-31-36(32-30-34)49-52-50(55-45-25-10-6-21-41(45)42-22-7-11-26-46(42)55)54-51(53-49)56-47-27-12-8-23-43(47)44-24-9-13-28-48(44)56/h1-33H. The second kappa shape index (κ2) is 13.0. The summed E-state index contributed by atoms with van der Waals surface area (Å²) in [5, 5.41) is 4.62. The van der Waals surface area contributed by atoms with Crippen LogP contribution in [-0.2, 0) is 0 Å². The third-order valence-corrected chi connectivity index (χ3v) is 10.8. The second-order valence-electron chi connectivity index (χ2n) is 14.1. The molecule has 262 valence electrons. The van der Waals surface area contributed by atoms with Crippen LogP contribution in [0.15, 0.2) is 200 Å². The van der Waals surface area contributed by atoms with Gasteiger partial charge in [-0.2, -0.15) is 15.0 Å². The van der Waals surface area contributed by atoms with Crippen LogP contribution in [0.4, 0.5) is 0 Å². The molecule has 11 aromatic rings. The van der Waals surface area contributed by atoms with E-state index in [0.29, 0.717) is 17.7 Å². The van der Waals surface area contributed by atoms with Crippen LogP contribution in [-0.4, -0.2) is 24.1 Å². The number of hydrogen-bond acceptors (Lipinski definition) is 3. The van der Waals surface area contributed by atoms with E-state index in [-0.39, 0.29) is 0 Å². The van der Waals surface area contributed by atoms with Gasteiger partial charge in [0.25, 0.3) is 0 Å². The van der Waals surface area contributed by atoms with Crippen molar-refractivity contribution in [2.24, 2.45) is 0 Å². The summed E-state index contributed by atoms with van der Waals surface area (Å²) < 4.78 is 4.33. The average molecular weight is 716 g/mol. The molecular formula is C51H33N5. The molecule has 0 aliphatic rings. The molecule has 0 bridgehead atoms. The number of fused-ring (bicyclic) bond motifs is 6. The highest BCUT2D eigenvalue weighted by Crippen LogP contribution is 2.36. The summed E-state index contributed by atoms with van der Waals surface area (Å²) >= 11 is 0. The van der Waals surface area contributed by atoms with Gasteiger partial charge >= 0.3 is 0 Å². The number of nitrogens with zero attached hydrogens (tertiary/aromatic N) is 5. The summed E-state index contributed by atoms with van der Waals surface area (Å²) in [6, 6.07) is 70.4. The molecule has 0 spiro atoms. The van der Waals surface area contributed by atoms with E-state index in [1.807, 2.05) is 0 Å². The lowest BCUT2D eigenvalue weighted by Gasteiger charge is -2.13. The predicted molar refractivity (Wildman–Crippen MR) is 230 cm³/mol. The topological polar surface area (TPSA) is 48.5 Å². The lowest BCUT2D eigenvalue weighted by molar-refractivity contribution is 0.893. The molecule has 0 aliphatic heterocycles. The Kier molecular flexibility index (Phi) is 7.42. The summed E-state index contributed by atoms with van der Waals surface area (Å²) in [6.45, 7) is 0. The molecule has 0 saturated heterocycles. The molecule has 0 fully saturated rings. The molecule has 0 saturated carbocycles. The molecule has 56 heavy (non-hydrogen) atoms. The fraction of sp³-hybridized carbons (Fsp3) is 0. The Morgan fingerprint density at radius 2 is 0.661 bits per heavy atom. The first kappa shape index (κ1) is 31.9. The first-order valence-corrected chi connectivity index (χ1v) is 18.9. The van der Waals surface area contributed by atoms with Crippen molar-refractivity contribution in [3.63, 3.8) is 0 Å². The van der Waals surface area contributed by atoms with Crippen molar-refractivity contribution in [3.05, 3.63) is 200 Å². The van der Waals surface area contributed by atoms with E-state index in [0.717, 1.165) is 60.3 Å². The van der Waals surface area contributed by atoms with E-state index in [1.165, 1.54) is 22.3 Å². The van der Waals surface area contributed by atoms with Gasteiger partial charge in [-0.3, -0.25) is 9.13 Å². The summed E-state index contributed by atoms with van der Waals surface area (Å²) in [5.41, 5.74) is 12.1. The Labute approximate surface area is 323 Å². The quantitative estimate of drug-likeness (QED) is 0.172. The highest BCUT2D eigenvalue weighted by atomic mass is 15.3. The van der Waals surface area contributed by atoms with E-state index in [2.05, 4.69) is 209 Å². The van der Waals surface area contributed by atoms with Crippen LogP contribution in [0.3, 0.4) is 0 Å². The molecule has 0 unspecified atom stereocenters. The molecular weight excluding hydrogens is 683 g/mol. The van der Waals surface area contributed by atoms with Gasteiger partial charge in [-0.15, -0.1) is 0 Å². The van der Waals surface area contributed by atoms with E-state index in [1.54, 1.807) is 0 Å². The van der Waals surface area contributed by atoms with Crippen molar-refractivity contribution >= 4 is 43.6 Å². The Hall–Kier alpha value is -7.63. The number of rotatable bonds is 6. The minimum absolute atomic E-state index is 0.568. The highest BCUT2D eigenvalue weighted by Gasteiger charge is 2.20. The lowest BCUT2D eigenvalue weighted by atomic mass is 9.92. The SMILES string of the molecule is c1ccc(-c2ccccc2-c2cccc(-c3ccc(-c4nc(-n5c6ccccc6c6ccccc65)nc(-n5c6ccccc6c6ccccc65)n4)cc3)c2)cc1. The molecule has 3 aromatic heterocycles. The zero-order valence-corrected chi connectivity index (χ0v) is 30.3. The molecule has 0 N–H and O–H groups in total. The fourth-order valence-electron chi connectivity index (χ4n) is 8.24.